The van der Waals surface area contributed by atoms with Crippen LogP contribution in [0.2, 0.25) is 0 Å². The number of phosphoric acid groups is 1. The van der Waals surface area contributed by atoms with E-state index in [1.54, 1.807) is 0 Å². The van der Waals surface area contributed by atoms with Crippen molar-refractivity contribution >= 4 is 19.8 Å². The number of carbonyl (C=O) groups is 2. The van der Waals surface area contributed by atoms with Crippen molar-refractivity contribution in [2.45, 2.75) is 238 Å². The maximum atomic E-state index is 12.9. The third-order valence-corrected chi connectivity index (χ3v) is 14.6. The number of hydrogen-bond donors (Lipinski definition) is 0. The van der Waals surface area contributed by atoms with Crippen LogP contribution in [0.3, 0.4) is 0 Å². The number of esters is 2. The molecule has 0 radical (unpaired) electrons. The molecule has 494 valence electrons. The van der Waals surface area contributed by atoms with E-state index < -0.39 is 32.5 Å². The van der Waals surface area contributed by atoms with Gasteiger partial charge in [-0.2, -0.15) is 0 Å². The second-order valence-electron chi connectivity index (χ2n) is 23.1. The van der Waals surface area contributed by atoms with Crippen LogP contribution in [0, 0.1) is 0 Å². The van der Waals surface area contributed by atoms with Crippen molar-refractivity contribution in [1.29, 1.82) is 0 Å². The Labute approximate surface area is 539 Å². The highest BCUT2D eigenvalue weighted by molar-refractivity contribution is 7.45. The van der Waals surface area contributed by atoms with Crippen molar-refractivity contribution in [1.82, 2.24) is 0 Å². The first-order valence-electron chi connectivity index (χ1n) is 34.1. The summed E-state index contributed by atoms with van der Waals surface area (Å²) in [6, 6.07) is 0. The van der Waals surface area contributed by atoms with E-state index in [9.17, 15) is 19.0 Å². The van der Waals surface area contributed by atoms with Crippen molar-refractivity contribution in [3.05, 3.63) is 194 Å². The molecule has 0 fully saturated rings. The van der Waals surface area contributed by atoms with E-state index in [4.69, 9.17) is 18.5 Å². The van der Waals surface area contributed by atoms with Crippen LogP contribution < -0.4 is 4.89 Å². The first-order chi connectivity index (χ1) is 43.0. The minimum absolute atomic E-state index is 0.0466. The van der Waals surface area contributed by atoms with E-state index >= 15 is 0 Å². The lowest BCUT2D eigenvalue weighted by molar-refractivity contribution is -0.870. The van der Waals surface area contributed by atoms with Crippen LogP contribution in [0.4, 0.5) is 0 Å². The zero-order valence-electron chi connectivity index (χ0n) is 56.1. The van der Waals surface area contributed by atoms with Gasteiger partial charge in [0.1, 0.15) is 19.8 Å². The van der Waals surface area contributed by atoms with Crippen molar-refractivity contribution in [3.8, 4) is 0 Å². The van der Waals surface area contributed by atoms with Gasteiger partial charge in [0.15, 0.2) is 6.10 Å². The van der Waals surface area contributed by atoms with E-state index in [0.717, 1.165) is 161 Å². The van der Waals surface area contributed by atoms with Crippen molar-refractivity contribution < 1.29 is 42.1 Å². The molecule has 0 aliphatic carbocycles. The molecule has 0 aliphatic heterocycles. The minimum atomic E-state index is -4.66. The van der Waals surface area contributed by atoms with E-state index in [-0.39, 0.29) is 26.1 Å². The molecule has 0 saturated heterocycles. The van der Waals surface area contributed by atoms with Crippen LogP contribution in [-0.2, 0) is 32.7 Å². The second-order valence-corrected chi connectivity index (χ2v) is 24.5. The van der Waals surface area contributed by atoms with Gasteiger partial charge in [0.2, 0.25) is 0 Å². The summed E-state index contributed by atoms with van der Waals surface area (Å²) in [5.41, 5.74) is 0. The van der Waals surface area contributed by atoms with Crippen LogP contribution in [0.25, 0.3) is 0 Å². The number of quaternary nitrogens is 1. The molecule has 0 bridgehead atoms. The van der Waals surface area contributed by atoms with E-state index in [1.807, 2.05) is 21.1 Å². The van der Waals surface area contributed by atoms with Crippen LogP contribution in [0.5, 0.6) is 0 Å². The molecule has 2 unspecified atom stereocenters. The number of nitrogens with zero attached hydrogens (tertiary/aromatic N) is 1. The lowest BCUT2D eigenvalue weighted by Crippen LogP contribution is -2.37. The fraction of sp³-hybridized carbons (Fsp3) is 0.564. The van der Waals surface area contributed by atoms with Gasteiger partial charge >= 0.3 is 11.9 Å². The minimum Gasteiger partial charge on any atom is -0.756 e. The number of carbonyl (C=O) groups excluding carboxylic acids is 2. The Morgan fingerprint density at radius 1 is 0.352 bits per heavy atom. The Bertz CT molecular complexity index is 2190. The van der Waals surface area contributed by atoms with Crippen LogP contribution in [0.1, 0.15) is 232 Å². The van der Waals surface area contributed by atoms with Gasteiger partial charge in [-0.05, 0) is 141 Å². The Hall–Kier alpha value is -5.15. The molecule has 0 saturated carbocycles. The number of likely N-dealkylation sites (N-methyl/N-ethyl adjacent to an activating group) is 1. The highest BCUT2D eigenvalue weighted by Gasteiger charge is 2.22. The highest BCUT2D eigenvalue weighted by atomic mass is 31.2. The predicted octanol–water partition coefficient (Wildman–Crippen LogP) is 21.9. The van der Waals surface area contributed by atoms with E-state index in [2.05, 4.69) is 208 Å². The molecule has 0 spiro atoms. The Balaban J connectivity index is 4.21. The van der Waals surface area contributed by atoms with Crippen molar-refractivity contribution in [2.24, 2.45) is 0 Å². The fourth-order valence-electron chi connectivity index (χ4n) is 8.45. The molecular weight excluding hydrogens is 1110 g/mol. The molecule has 0 heterocycles. The number of rotatable bonds is 60. The molecule has 10 heteroatoms. The molecule has 0 aromatic heterocycles. The largest absolute Gasteiger partial charge is 0.756 e. The molecule has 9 nitrogen and oxygen atoms in total. The fourth-order valence-corrected chi connectivity index (χ4v) is 9.18. The third kappa shape index (κ3) is 69.9. The molecule has 0 aromatic carbocycles. The van der Waals surface area contributed by atoms with Crippen molar-refractivity contribution in [2.75, 3.05) is 47.5 Å². The summed E-state index contributed by atoms with van der Waals surface area (Å²) in [6.07, 6.45) is 103. The number of phosphoric ester groups is 1. The standard InChI is InChI=1S/C78H124NO8P/c1-6-8-10-12-14-16-18-20-22-24-26-28-30-32-34-36-37-38-39-40-41-43-45-47-49-51-53-55-57-59-61-63-65-67-69-71-78(81)87-76(75-86-88(82,83)85-73-72-79(3,4)5)74-84-77(80)70-68-66-64-62-60-58-56-54-52-50-48-46-44-42-35-33-31-29-27-25-23-21-19-17-15-13-11-9-7-2/h8-11,14-17,20-23,26-29,32-35,37-38,40-41,44-47,50-53,76H,6-7,12-13,18-19,24-25,30-31,36,39,42-43,48-49,54-75H2,1-5H3/b10-8-,11-9-,16-14-,17-15-,22-20-,23-21-,28-26-,29-27-,34-32-,35-33-,38-37-,41-40-,46-44-,47-45-,52-50-,53-51-. The molecule has 0 N–H and O–H groups in total. The molecule has 88 heavy (non-hydrogen) atoms. The normalized spacial score (nSPS) is 14.4. The number of unbranched alkanes of at least 4 members (excludes halogenated alkanes) is 14. The monoisotopic (exact) mass is 1230 g/mol. The van der Waals surface area contributed by atoms with Crippen LogP contribution >= 0.6 is 7.82 Å². The SMILES string of the molecule is CC/C=C\C/C=C\C/C=C\C/C=C\C/C=C\C/C=C\C/C=C\C/C=C\C/C=C\CCCCCCCCCC(=O)OC(COC(=O)CCCCCCCCC/C=C\C/C=C\C/C=C\C/C=C\C/C=C\C/C=C\C/C=C\CC)COP(=O)([O-])OCC[N+](C)(C)C. The van der Waals surface area contributed by atoms with Crippen LogP contribution in [-0.4, -0.2) is 70.0 Å². The first kappa shape index (κ1) is 82.8. The average molecular weight is 1230 g/mol. The van der Waals surface area contributed by atoms with Crippen molar-refractivity contribution in [3.63, 3.8) is 0 Å². The van der Waals surface area contributed by atoms with Gasteiger partial charge in [-0.15, -0.1) is 0 Å². The molecule has 0 amide bonds. The highest BCUT2D eigenvalue weighted by Crippen LogP contribution is 2.38. The quantitative estimate of drug-likeness (QED) is 0.0195. The maximum Gasteiger partial charge on any atom is 0.306 e. The van der Waals surface area contributed by atoms with Gasteiger partial charge in [0.05, 0.1) is 27.7 Å². The predicted molar refractivity (Wildman–Crippen MR) is 378 cm³/mol. The Morgan fingerprint density at radius 2 is 0.614 bits per heavy atom. The topological polar surface area (TPSA) is 111 Å². The zero-order chi connectivity index (χ0) is 64.1. The summed E-state index contributed by atoms with van der Waals surface area (Å²) in [5, 5.41) is 0. The molecule has 0 aromatic rings. The van der Waals surface area contributed by atoms with Gasteiger partial charge in [0, 0.05) is 12.8 Å². The smallest absolute Gasteiger partial charge is 0.306 e. The number of ether oxygens (including phenoxy) is 2. The molecule has 0 rings (SSSR count). The summed E-state index contributed by atoms with van der Waals surface area (Å²) < 4.78 is 34.3. The maximum absolute atomic E-state index is 12.9. The summed E-state index contributed by atoms with van der Waals surface area (Å²) in [5.74, 6) is -0.874. The van der Waals surface area contributed by atoms with Gasteiger partial charge in [-0.3, -0.25) is 14.2 Å². The number of allylic oxidation sites excluding steroid dienone is 32. The van der Waals surface area contributed by atoms with Gasteiger partial charge in [-0.25, -0.2) is 0 Å². The van der Waals surface area contributed by atoms with E-state index in [1.165, 1.54) is 32.1 Å². The Kier molecular flexibility index (Phi) is 62.4. The summed E-state index contributed by atoms with van der Waals surface area (Å²) in [7, 11) is 1.12. The molecule has 0 aliphatic rings. The van der Waals surface area contributed by atoms with Crippen LogP contribution in [0.15, 0.2) is 194 Å². The summed E-state index contributed by atoms with van der Waals surface area (Å²) >= 11 is 0. The molecular formula is C78H124NO8P. The zero-order valence-corrected chi connectivity index (χ0v) is 57.0. The second kappa shape index (κ2) is 66.3. The first-order valence-corrected chi connectivity index (χ1v) is 35.6. The van der Waals surface area contributed by atoms with Gasteiger partial charge in [0.25, 0.3) is 7.82 Å². The van der Waals surface area contributed by atoms with Gasteiger partial charge < -0.3 is 27.9 Å². The van der Waals surface area contributed by atoms with Gasteiger partial charge in [-0.1, -0.05) is 272 Å². The average Bonchev–Trinajstić information content (AvgIpc) is 3.57. The Morgan fingerprint density at radius 3 is 0.909 bits per heavy atom. The summed E-state index contributed by atoms with van der Waals surface area (Å²) in [6.45, 7) is 3.96. The number of hydrogen-bond acceptors (Lipinski definition) is 8. The third-order valence-electron chi connectivity index (χ3n) is 13.6. The lowest BCUT2D eigenvalue weighted by atomic mass is 10.1. The lowest BCUT2D eigenvalue weighted by Gasteiger charge is -2.28. The van der Waals surface area contributed by atoms with E-state index in [0.29, 0.717) is 23.9 Å². The molecule has 2 atom stereocenters. The summed E-state index contributed by atoms with van der Waals surface area (Å²) in [4.78, 5) is 38.1.